The Bertz CT molecular complexity index is 1490. The highest BCUT2D eigenvalue weighted by molar-refractivity contribution is 7.92. The van der Waals surface area contributed by atoms with E-state index in [-0.39, 0.29) is 34.3 Å². The van der Waals surface area contributed by atoms with Gasteiger partial charge in [-0.1, -0.05) is 42.5 Å². The van der Waals surface area contributed by atoms with Crippen LogP contribution in [0.25, 0.3) is 10.6 Å². The predicted molar refractivity (Wildman–Crippen MR) is 133 cm³/mol. The lowest BCUT2D eigenvalue weighted by molar-refractivity contribution is 0.0463. The molecule has 8 nitrogen and oxygen atoms in total. The van der Waals surface area contributed by atoms with Crippen LogP contribution in [-0.4, -0.2) is 33.6 Å². The Morgan fingerprint density at radius 2 is 1.75 bits per heavy atom. The quantitative estimate of drug-likeness (QED) is 0.301. The number of hydrogen-bond donors (Lipinski definition) is 1. The average molecular weight is 529 g/mol. The highest BCUT2D eigenvalue weighted by Gasteiger charge is 2.26. The van der Waals surface area contributed by atoms with Crippen LogP contribution in [0.4, 0.5) is 10.1 Å². The number of carbonyl (C=O) groups excluding carboxylic acids is 1. The molecule has 1 aromatic heterocycles. The summed E-state index contributed by atoms with van der Waals surface area (Å²) in [5.74, 6) is -1.61. The molecule has 1 N–H and O–H groups in total. The first kappa shape index (κ1) is 25.1. The Hall–Kier alpha value is -3.96. The first-order valence-electron chi connectivity index (χ1n) is 10.5. The smallest absolute Gasteiger partial charge is 0.342 e. The van der Waals surface area contributed by atoms with E-state index in [1.165, 1.54) is 49.8 Å². The Kier molecular flexibility index (Phi) is 7.51. The minimum absolute atomic E-state index is 0.00408. The van der Waals surface area contributed by atoms with Crippen LogP contribution in [0.2, 0.25) is 0 Å². The Balaban J connectivity index is 1.59. The number of rotatable bonds is 9. The van der Waals surface area contributed by atoms with E-state index in [1.54, 1.807) is 5.38 Å². The number of esters is 1. The second kappa shape index (κ2) is 10.8. The fraction of sp³-hybridized carbons (Fsp3) is 0.120. The molecule has 0 aliphatic carbocycles. The molecule has 0 atom stereocenters. The number of halogens is 1. The van der Waals surface area contributed by atoms with Crippen molar-refractivity contribution < 1.29 is 31.8 Å². The molecular formula is C25H21FN2O6S2. The van der Waals surface area contributed by atoms with Gasteiger partial charge in [-0.15, -0.1) is 11.3 Å². The molecule has 0 saturated heterocycles. The second-order valence-corrected chi connectivity index (χ2v) is 9.92. The summed E-state index contributed by atoms with van der Waals surface area (Å²) in [7, 11) is -1.68. The van der Waals surface area contributed by atoms with Crippen molar-refractivity contribution in [2.24, 2.45) is 0 Å². The van der Waals surface area contributed by atoms with Gasteiger partial charge in [0.05, 0.1) is 30.5 Å². The largest absolute Gasteiger partial charge is 0.493 e. The molecule has 186 valence electrons. The maximum atomic E-state index is 14.0. The van der Waals surface area contributed by atoms with Gasteiger partial charge >= 0.3 is 5.97 Å². The molecular weight excluding hydrogens is 507 g/mol. The van der Waals surface area contributed by atoms with E-state index in [4.69, 9.17) is 14.2 Å². The molecule has 36 heavy (non-hydrogen) atoms. The number of ether oxygens (including phenoxy) is 3. The number of anilines is 1. The number of nitrogens with zero attached hydrogens (tertiary/aromatic N) is 1. The molecule has 0 fully saturated rings. The molecule has 1 heterocycles. The van der Waals surface area contributed by atoms with E-state index in [9.17, 15) is 17.6 Å². The summed E-state index contributed by atoms with van der Waals surface area (Å²) in [5, 5.41) is 2.54. The number of benzene rings is 3. The molecule has 4 rings (SSSR count). The summed E-state index contributed by atoms with van der Waals surface area (Å²) in [5.41, 5.74) is 1.05. The molecule has 0 radical (unpaired) electrons. The number of nitrogens with one attached hydrogen (secondary N) is 1. The normalized spacial score (nSPS) is 11.1. The number of para-hydroxylation sites is 1. The molecule has 0 bridgehead atoms. The zero-order valence-corrected chi connectivity index (χ0v) is 20.9. The van der Waals surface area contributed by atoms with Gasteiger partial charge in [0, 0.05) is 17.0 Å². The average Bonchev–Trinajstić information content (AvgIpc) is 3.37. The van der Waals surface area contributed by atoms with Crippen molar-refractivity contribution >= 4 is 33.0 Å². The lowest BCUT2D eigenvalue weighted by atomic mass is 10.2. The molecule has 11 heteroatoms. The van der Waals surface area contributed by atoms with Crippen molar-refractivity contribution in [2.45, 2.75) is 11.5 Å². The molecule has 3 aromatic carbocycles. The standard InChI is InChI=1S/C25H21FN2O6S2/c1-32-22-13-18(36(30,31)28-21-11-7-6-10-20(21)26)12-19(23(22)33-2)25(29)34-14-17-15-35-24(27-17)16-8-4-3-5-9-16/h3-13,15,28H,14H2,1-2H3. The Morgan fingerprint density at radius 3 is 2.44 bits per heavy atom. The summed E-state index contributed by atoms with van der Waals surface area (Å²) >= 11 is 1.41. The van der Waals surface area contributed by atoms with Crippen molar-refractivity contribution in [1.82, 2.24) is 4.98 Å². The number of aromatic nitrogens is 1. The zero-order chi connectivity index (χ0) is 25.7. The monoisotopic (exact) mass is 528 g/mol. The van der Waals surface area contributed by atoms with Crippen LogP contribution >= 0.6 is 11.3 Å². The fourth-order valence-corrected chi connectivity index (χ4v) is 5.22. The maximum Gasteiger partial charge on any atom is 0.342 e. The SMILES string of the molecule is COc1cc(S(=O)(=O)Nc2ccccc2F)cc(C(=O)OCc2csc(-c3ccccc3)n2)c1OC. The highest BCUT2D eigenvalue weighted by atomic mass is 32.2. The van der Waals surface area contributed by atoms with Crippen molar-refractivity contribution in [2.75, 3.05) is 18.9 Å². The molecule has 0 aliphatic heterocycles. The van der Waals surface area contributed by atoms with Gasteiger partial charge in [-0.05, 0) is 18.2 Å². The first-order chi connectivity index (χ1) is 17.3. The number of thiazole rings is 1. The van der Waals surface area contributed by atoms with E-state index >= 15 is 0 Å². The summed E-state index contributed by atoms with van der Waals surface area (Å²) in [6.45, 7) is -0.141. The summed E-state index contributed by atoms with van der Waals surface area (Å²) in [6, 6.07) is 17.1. The Labute approximate surface area is 211 Å². The van der Waals surface area contributed by atoms with Gasteiger partial charge in [-0.3, -0.25) is 4.72 Å². The number of hydrogen-bond acceptors (Lipinski definition) is 8. The summed E-state index contributed by atoms with van der Waals surface area (Å²) < 4.78 is 58.1. The molecule has 0 unspecified atom stereocenters. The summed E-state index contributed by atoms with van der Waals surface area (Å²) in [4.78, 5) is 17.1. The van der Waals surface area contributed by atoms with Crippen LogP contribution in [0.3, 0.4) is 0 Å². The van der Waals surface area contributed by atoms with Gasteiger partial charge in [0.25, 0.3) is 10.0 Å². The van der Waals surface area contributed by atoms with Crippen LogP contribution in [0.5, 0.6) is 11.5 Å². The summed E-state index contributed by atoms with van der Waals surface area (Å²) in [6.07, 6.45) is 0. The molecule has 0 spiro atoms. The molecule has 0 saturated carbocycles. The van der Waals surface area contributed by atoms with Gasteiger partial charge in [0.15, 0.2) is 11.5 Å². The van der Waals surface area contributed by atoms with E-state index in [0.29, 0.717) is 5.69 Å². The third kappa shape index (κ3) is 5.47. The zero-order valence-electron chi connectivity index (χ0n) is 19.2. The molecule has 0 amide bonds. The third-order valence-corrected chi connectivity index (χ3v) is 7.31. The lowest BCUT2D eigenvalue weighted by Crippen LogP contribution is -2.16. The Morgan fingerprint density at radius 1 is 1.03 bits per heavy atom. The van der Waals surface area contributed by atoms with Gasteiger partial charge in [-0.2, -0.15) is 0 Å². The predicted octanol–water partition coefficient (Wildman–Crippen LogP) is 5.12. The van der Waals surface area contributed by atoms with Crippen molar-refractivity contribution in [3.63, 3.8) is 0 Å². The third-order valence-electron chi connectivity index (χ3n) is 5.02. The fourth-order valence-electron chi connectivity index (χ4n) is 3.30. The number of methoxy groups -OCH3 is 2. The van der Waals surface area contributed by atoms with Crippen LogP contribution < -0.4 is 14.2 Å². The highest BCUT2D eigenvalue weighted by Crippen LogP contribution is 2.35. The van der Waals surface area contributed by atoms with Gasteiger partial charge in [0.2, 0.25) is 0 Å². The van der Waals surface area contributed by atoms with E-state index in [1.807, 2.05) is 30.3 Å². The topological polar surface area (TPSA) is 104 Å². The number of sulfonamides is 1. The minimum atomic E-state index is -4.29. The van der Waals surface area contributed by atoms with Crippen LogP contribution in [0.15, 0.2) is 77.0 Å². The van der Waals surface area contributed by atoms with Crippen molar-refractivity contribution in [1.29, 1.82) is 0 Å². The lowest BCUT2D eigenvalue weighted by Gasteiger charge is -2.15. The van der Waals surface area contributed by atoms with Crippen LogP contribution in [-0.2, 0) is 21.4 Å². The first-order valence-corrected chi connectivity index (χ1v) is 12.9. The second-order valence-electron chi connectivity index (χ2n) is 7.38. The van der Waals surface area contributed by atoms with Gasteiger partial charge in [-0.25, -0.2) is 22.6 Å². The molecule has 4 aromatic rings. The van der Waals surface area contributed by atoms with E-state index in [2.05, 4.69) is 9.71 Å². The van der Waals surface area contributed by atoms with Crippen LogP contribution in [0, 0.1) is 5.82 Å². The van der Waals surface area contributed by atoms with E-state index in [0.717, 1.165) is 22.7 Å². The van der Waals surface area contributed by atoms with Crippen LogP contribution in [0.1, 0.15) is 16.1 Å². The molecule has 0 aliphatic rings. The van der Waals surface area contributed by atoms with Crippen molar-refractivity contribution in [3.8, 4) is 22.1 Å². The van der Waals surface area contributed by atoms with Gasteiger partial charge in [0.1, 0.15) is 23.0 Å². The van der Waals surface area contributed by atoms with Gasteiger partial charge < -0.3 is 14.2 Å². The maximum absolute atomic E-state index is 14.0. The van der Waals surface area contributed by atoms with E-state index < -0.39 is 21.8 Å². The van der Waals surface area contributed by atoms with Crippen molar-refractivity contribution in [3.05, 3.63) is 89.2 Å². The minimum Gasteiger partial charge on any atom is -0.493 e. The number of carbonyl (C=O) groups is 1.